The lowest BCUT2D eigenvalue weighted by molar-refractivity contribution is -0.124. The molecule has 1 aliphatic rings. The van der Waals surface area contributed by atoms with Crippen LogP contribution in [0.15, 0.2) is 11.6 Å². The van der Waals surface area contributed by atoms with Crippen LogP contribution in [0, 0.1) is 12.3 Å². The van der Waals surface area contributed by atoms with Crippen LogP contribution in [0.2, 0.25) is 0 Å². The van der Waals surface area contributed by atoms with Gasteiger partial charge in [-0.3, -0.25) is 4.79 Å². The summed E-state index contributed by atoms with van der Waals surface area (Å²) >= 11 is 0. The van der Waals surface area contributed by atoms with Crippen LogP contribution in [0.25, 0.3) is 0 Å². The summed E-state index contributed by atoms with van der Waals surface area (Å²) in [5.41, 5.74) is 0.795. The Balaban J connectivity index is 2.48. The number of carbonyl (C=O) groups excluding carboxylic acids is 2. The first-order valence-electron chi connectivity index (χ1n) is 4.23. The summed E-state index contributed by atoms with van der Waals surface area (Å²) in [6, 6.07) is 0. The molecule has 0 spiro atoms. The highest BCUT2D eigenvalue weighted by molar-refractivity contribution is 6.05. The minimum atomic E-state index is -0.0903. The average Bonchev–Trinajstić information content (AvgIpc) is 2.80. The van der Waals surface area contributed by atoms with Gasteiger partial charge >= 0.3 is 0 Å². The van der Waals surface area contributed by atoms with Crippen LogP contribution in [-0.4, -0.2) is 11.6 Å². The number of allylic oxidation sites excluding steroid dienone is 2. The first-order valence-corrected chi connectivity index (χ1v) is 4.23. The topological polar surface area (TPSA) is 34.1 Å². The maximum Gasteiger partial charge on any atom is 0.162 e. The Bertz CT molecular complexity index is 238. The average molecular weight is 165 g/mol. The van der Waals surface area contributed by atoms with Gasteiger partial charge in [0.25, 0.3) is 0 Å². The van der Waals surface area contributed by atoms with E-state index < -0.39 is 0 Å². The Labute approximate surface area is 72.7 Å². The van der Waals surface area contributed by atoms with Crippen LogP contribution >= 0.6 is 0 Å². The summed E-state index contributed by atoms with van der Waals surface area (Å²) in [6.07, 6.45) is 4.74. The van der Waals surface area contributed by atoms with E-state index in [0.717, 1.165) is 12.0 Å². The zero-order chi connectivity index (χ0) is 9.14. The molecule has 1 rings (SSSR count). The van der Waals surface area contributed by atoms with E-state index in [-0.39, 0.29) is 17.5 Å². The molecular weight excluding hydrogens is 152 g/mol. The summed E-state index contributed by atoms with van der Waals surface area (Å²) in [7, 11) is 0. The SMILES string of the molecule is CCC(CC(C)=O)C(=O)C1=C[CH]1. The summed E-state index contributed by atoms with van der Waals surface area (Å²) in [6.45, 7) is 3.47. The van der Waals surface area contributed by atoms with Gasteiger partial charge in [-0.25, -0.2) is 0 Å². The molecule has 0 bridgehead atoms. The Morgan fingerprint density at radius 2 is 2.08 bits per heavy atom. The molecule has 0 amide bonds. The van der Waals surface area contributed by atoms with Crippen molar-refractivity contribution in [3.8, 4) is 0 Å². The van der Waals surface area contributed by atoms with Crippen LogP contribution in [0.1, 0.15) is 26.7 Å². The van der Waals surface area contributed by atoms with Crippen molar-refractivity contribution < 1.29 is 9.59 Å². The second kappa shape index (κ2) is 3.65. The van der Waals surface area contributed by atoms with E-state index in [4.69, 9.17) is 0 Å². The summed E-state index contributed by atoms with van der Waals surface area (Å²) in [5.74, 6) is 0.136. The molecule has 0 saturated carbocycles. The molecule has 0 aromatic heterocycles. The predicted octanol–water partition coefficient (Wildman–Crippen LogP) is 1.71. The quantitative estimate of drug-likeness (QED) is 0.621. The standard InChI is InChI=1S/C10H13O2/c1-3-8(6-7(2)11)10(12)9-4-5-9/h4-5,8H,3,6H2,1-2H3. The molecule has 1 atom stereocenters. The van der Waals surface area contributed by atoms with E-state index in [2.05, 4.69) is 0 Å². The van der Waals surface area contributed by atoms with Gasteiger partial charge in [-0.1, -0.05) is 13.0 Å². The minimum absolute atomic E-state index is 0.0903. The van der Waals surface area contributed by atoms with Crippen LogP contribution < -0.4 is 0 Å². The first-order chi connectivity index (χ1) is 5.65. The molecule has 0 aromatic carbocycles. The van der Waals surface area contributed by atoms with Crippen molar-refractivity contribution in [2.75, 3.05) is 0 Å². The smallest absolute Gasteiger partial charge is 0.162 e. The lowest BCUT2D eigenvalue weighted by Gasteiger charge is -2.08. The third-order valence-corrected chi connectivity index (χ3v) is 2.02. The van der Waals surface area contributed by atoms with Gasteiger partial charge in [0.15, 0.2) is 5.78 Å². The summed E-state index contributed by atoms with van der Waals surface area (Å²) in [4.78, 5) is 22.2. The van der Waals surface area contributed by atoms with Gasteiger partial charge in [0, 0.05) is 18.8 Å². The summed E-state index contributed by atoms with van der Waals surface area (Å²) in [5, 5.41) is 0. The van der Waals surface area contributed by atoms with Crippen molar-refractivity contribution in [1.82, 2.24) is 0 Å². The molecule has 2 heteroatoms. The molecule has 0 aromatic rings. The van der Waals surface area contributed by atoms with Crippen molar-refractivity contribution >= 4 is 11.6 Å². The van der Waals surface area contributed by atoms with E-state index in [9.17, 15) is 9.59 Å². The molecule has 1 aliphatic carbocycles. The fourth-order valence-corrected chi connectivity index (χ4v) is 1.21. The monoisotopic (exact) mass is 165 g/mol. The Morgan fingerprint density at radius 1 is 1.50 bits per heavy atom. The number of Topliss-reactive ketones (excluding diaryl/α,β-unsaturated/α-hetero) is 2. The van der Waals surface area contributed by atoms with E-state index in [1.165, 1.54) is 6.92 Å². The van der Waals surface area contributed by atoms with Crippen molar-refractivity contribution in [2.45, 2.75) is 26.7 Å². The van der Waals surface area contributed by atoms with Gasteiger partial charge in [-0.05, 0) is 18.9 Å². The van der Waals surface area contributed by atoms with Crippen LogP contribution in [0.4, 0.5) is 0 Å². The molecule has 2 nitrogen and oxygen atoms in total. The second-order valence-corrected chi connectivity index (χ2v) is 3.16. The molecule has 65 valence electrons. The van der Waals surface area contributed by atoms with Crippen LogP contribution in [0.3, 0.4) is 0 Å². The Kier molecular flexibility index (Phi) is 2.79. The molecule has 0 fully saturated rings. The van der Waals surface area contributed by atoms with Crippen molar-refractivity contribution in [1.29, 1.82) is 0 Å². The highest BCUT2D eigenvalue weighted by Crippen LogP contribution is 2.25. The van der Waals surface area contributed by atoms with E-state index in [1.54, 1.807) is 12.5 Å². The van der Waals surface area contributed by atoms with Gasteiger partial charge < -0.3 is 4.79 Å². The maximum absolute atomic E-state index is 11.4. The molecule has 0 saturated heterocycles. The highest BCUT2D eigenvalue weighted by Gasteiger charge is 2.25. The number of carbonyl (C=O) groups is 2. The molecule has 0 aliphatic heterocycles. The van der Waals surface area contributed by atoms with E-state index in [0.29, 0.717) is 6.42 Å². The maximum atomic E-state index is 11.4. The largest absolute Gasteiger partial charge is 0.300 e. The van der Waals surface area contributed by atoms with Crippen LogP contribution in [0.5, 0.6) is 0 Å². The number of ketones is 2. The third kappa shape index (κ3) is 2.29. The zero-order valence-electron chi connectivity index (χ0n) is 7.46. The molecule has 1 unspecified atom stereocenters. The normalized spacial score (nSPS) is 16.7. The Morgan fingerprint density at radius 3 is 2.42 bits per heavy atom. The fourth-order valence-electron chi connectivity index (χ4n) is 1.21. The third-order valence-electron chi connectivity index (χ3n) is 2.02. The van der Waals surface area contributed by atoms with Crippen molar-refractivity contribution in [3.05, 3.63) is 18.1 Å². The van der Waals surface area contributed by atoms with Gasteiger partial charge in [0.1, 0.15) is 5.78 Å². The van der Waals surface area contributed by atoms with Crippen molar-refractivity contribution in [2.24, 2.45) is 5.92 Å². The summed E-state index contributed by atoms with van der Waals surface area (Å²) < 4.78 is 0. The molecular formula is C10H13O2. The number of hydrogen-bond donors (Lipinski definition) is 0. The number of rotatable bonds is 5. The molecule has 1 radical (unpaired) electrons. The fraction of sp³-hybridized carbons (Fsp3) is 0.500. The van der Waals surface area contributed by atoms with Gasteiger partial charge in [0.2, 0.25) is 0 Å². The van der Waals surface area contributed by atoms with E-state index >= 15 is 0 Å². The highest BCUT2D eigenvalue weighted by atomic mass is 16.1. The van der Waals surface area contributed by atoms with E-state index in [1.807, 2.05) is 6.92 Å². The predicted molar refractivity (Wildman–Crippen MR) is 46.5 cm³/mol. The molecule has 12 heavy (non-hydrogen) atoms. The van der Waals surface area contributed by atoms with Crippen molar-refractivity contribution in [3.63, 3.8) is 0 Å². The van der Waals surface area contributed by atoms with Gasteiger partial charge in [0.05, 0.1) is 0 Å². The zero-order valence-corrected chi connectivity index (χ0v) is 7.46. The van der Waals surface area contributed by atoms with Crippen LogP contribution in [-0.2, 0) is 9.59 Å². The minimum Gasteiger partial charge on any atom is -0.300 e. The van der Waals surface area contributed by atoms with Gasteiger partial charge in [-0.15, -0.1) is 0 Å². The molecule has 0 N–H and O–H groups in total. The van der Waals surface area contributed by atoms with Gasteiger partial charge in [-0.2, -0.15) is 0 Å². The lowest BCUT2D eigenvalue weighted by Crippen LogP contribution is -2.15. The first kappa shape index (κ1) is 9.17. The molecule has 0 heterocycles. The second-order valence-electron chi connectivity index (χ2n) is 3.16. The number of hydrogen-bond acceptors (Lipinski definition) is 2. The lowest BCUT2D eigenvalue weighted by atomic mass is 9.94. The Hall–Kier alpha value is -0.920.